The molecule has 0 aliphatic rings. The number of nitrogens with zero attached hydrogens (tertiary/aromatic N) is 7. The number of rotatable bonds is 5. The molecular formula is C51H31N7. The second kappa shape index (κ2) is 13.5. The Kier molecular flexibility index (Phi) is 7.94. The van der Waals surface area contributed by atoms with E-state index in [1.54, 1.807) is 0 Å². The van der Waals surface area contributed by atoms with Crippen molar-refractivity contribution in [3.8, 4) is 51.1 Å². The highest BCUT2D eigenvalue weighted by Gasteiger charge is 2.24. The Morgan fingerprint density at radius 3 is 1.38 bits per heavy atom. The van der Waals surface area contributed by atoms with Gasteiger partial charge in [-0.3, -0.25) is 0 Å². The van der Waals surface area contributed by atoms with Gasteiger partial charge in [0.1, 0.15) is 11.6 Å². The second-order valence-electron chi connectivity index (χ2n) is 14.4. The van der Waals surface area contributed by atoms with E-state index in [9.17, 15) is 5.26 Å². The zero-order valence-electron chi connectivity index (χ0n) is 31.6. The van der Waals surface area contributed by atoms with Gasteiger partial charge in [-0.15, -0.1) is 0 Å². The normalized spacial score (nSPS) is 11.2. The minimum Gasteiger partial charge on any atom is -0.308 e. The molecule has 58 heavy (non-hydrogen) atoms. The van der Waals surface area contributed by atoms with Crippen LogP contribution < -0.4 is 0 Å². The average Bonchev–Trinajstić information content (AvgIpc) is 3.77. The highest BCUT2D eigenvalue weighted by molar-refractivity contribution is 6.12. The Labute approximate surface area is 334 Å². The van der Waals surface area contributed by atoms with Crippen molar-refractivity contribution in [2.24, 2.45) is 0 Å². The maximum atomic E-state index is 11.5. The monoisotopic (exact) mass is 741 g/mol. The molecular weight excluding hydrogens is 711 g/mol. The fourth-order valence-corrected chi connectivity index (χ4v) is 8.49. The van der Waals surface area contributed by atoms with Crippen molar-refractivity contribution in [3.05, 3.63) is 191 Å². The maximum absolute atomic E-state index is 11.5. The van der Waals surface area contributed by atoms with Crippen molar-refractivity contribution in [3.63, 3.8) is 0 Å². The third kappa shape index (κ3) is 5.33. The van der Waals surface area contributed by atoms with Crippen LogP contribution in [-0.4, -0.2) is 19.1 Å². The Balaban J connectivity index is 1.35. The van der Waals surface area contributed by atoms with E-state index >= 15 is 0 Å². The first kappa shape index (κ1) is 34.2. The number of fused-ring (bicyclic) bond motifs is 6. The largest absolute Gasteiger partial charge is 0.308 e. The molecule has 10 rings (SSSR count). The molecule has 0 spiro atoms. The Bertz CT molecular complexity index is 3260. The summed E-state index contributed by atoms with van der Waals surface area (Å²) in [6, 6.07) is 53.1. The molecule has 0 unspecified atom stereocenters. The van der Waals surface area contributed by atoms with Gasteiger partial charge in [0.05, 0.1) is 46.6 Å². The molecule has 0 saturated carbocycles. The first-order chi connectivity index (χ1) is 28.4. The lowest BCUT2D eigenvalue weighted by Gasteiger charge is -2.18. The van der Waals surface area contributed by atoms with Crippen LogP contribution in [0.15, 0.2) is 152 Å². The number of nitriles is 1. The molecule has 3 heterocycles. The maximum Gasteiger partial charge on any atom is 0.194 e. The third-order valence-electron chi connectivity index (χ3n) is 10.9. The van der Waals surface area contributed by atoms with Crippen molar-refractivity contribution in [2.45, 2.75) is 13.8 Å². The lowest BCUT2D eigenvalue weighted by molar-refractivity contribution is 1.05. The van der Waals surface area contributed by atoms with E-state index in [1.165, 1.54) is 0 Å². The summed E-state index contributed by atoms with van der Waals surface area (Å²) in [6.45, 7) is 19.7. The number of aryl methyl sites for hydroxylation is 2. The van der Waals surface area contributed by atoms with Gasteiger partial charge in [-0.25, -0.2) is 19.7 Å². The molecule has 0 N–H and O–H groups in total. The van der Waals surface area contributed by atoms with Gasteiger partial charge in [-0.1, -0.05) is 109 Å². The fourth-order valence-electron chi connectivity index (χ4n) is 8.49. The van der Waals surface area contributed by atoms with Gasteiger partial charge < -0.3 is 9.13 Å². The van der Waals surface area contributed by atoms with Crippen LogP contribution >= 0.6 is 0 Å². The predicted octanol–water partition coefficient (Wildman–Crippen LogP) is 13.3. The molecule has 0 atom stereocenters. The van der Waals surface area contributed by atoms with Crippen LogP contribution in [0.25, 0.3) is 98.3 Å². The number of hydrogen-bond acceptors (Lipinski definition) is 3. The highest BCUT2D eigenvalue weighted by atomic mass is 15.0. The summed E-state index contributed by atoms with van der Waals surface area (Å²) in [5, 5.41) is 15.6. The molecule has 0 aliphatic carbocycles. The molecule has 0 aliphatic heterocycles. The van der Waals surface area contributed by atoms with E-state index in [2.05, 4.69) is 85.6 Å². The predicted molar refractivity (Wildman–Crippen MR) is 234 cm³/mol. The molecule has 270 valence electrons. The second-order valence-corrected chi connectivity index (χ2v) is 14.4. The molecule has 0 fully saturated rings. The summed E-state index contributed by atoms with van der Waals surface area (Å²) in [5.41, 5.74) is 12.6. The van der Waals surface area contributed by atoms with Gasteiger partial charge in [0.15, 0.2) is 17.2 Å². The van der Waals surface area contributed by atoms with Crippen LogP contribution in [0, 0.1) is 38.3 Å². The summed E-state index contributed by atoms with van der Waals surface area (Å²) >= 11 is 0. The number of para-hydroxylation sites is 4. The van der Waals surface area contributed by atoms with Crippen LogP contribution in [0.5, 0.6) is 0 Å². The zero-order valence-corrected chi connectivity index (χ0v) is 31.6. The molecule has 7 aromatic carbocycles. The first-order valence-electron chi connectivity index (χ1n) is 18.9. The summed E-state index contributed by atoms with van der Waals surface area (Å²) in [4.78, 5) is 17.5. The summed E-state index contributed by atoms with van der Waals surface area (Å²) in [7, 11) is 0. The Morgan fingerprint density at radius 2 is 0.914 bits per heavy atom. The Hall–Kier alpha value is -8.31. The molecule has 0 saturated heterocycles. The van der Waals surface area contributed by atoms with E-state index in [0.29, 0.717) is 34.1 Å². The molecule has 0 radical (unpaired) electrons. The van der Waals surface area contributed by atoms with Crippen LogP contribution in [-0.2, 0) is 0 Å². The zero-order chi connectivity index (χ0) is 39.5. The van der Waals surface area contributed by atoms with Gasteiger partial charge in [0.2, 0.25) is 0 Å². The smallest absolute Gasteiger partial charge is 0.194 e. The molecule has 0 amide bonds. The van der Waals surface area contributed by atoms with Crippen molar-refractivity contribution < 1.29 is 0 Å². The molecule has 10 aromatic rings. The summed E-state index contributed by atoms with van der Waals surface area (Å²) < 4.78 is 4.35. The van der Waals surface area contributed by atoms with Crippen molar-refractivity contribution in [2.75, 3.05) is 0 Å². The van der Waals surface area contributed by atoms with Crippen LogP contribution in [0.4, 0.5) is 11.4 Å². The standard InChI is InChI=1S/C51H31N7/c1-31-25-32(2)56-51(55-31)35-28-49(57-45-19-11-7-15-38(45)40-23-21-33(26-47(40)57)36-13-5-9-17-43(36)53-3)42(30-52)50(29-35)58-46-20-12-8-16-39(46)41-24-22-34(27-48(41)58)37-14-6-10-18-44(37)54-4/h5-29H,1-2H3. The highest BCUT2D eigenvalue weighted by Crippen LogP contribution is 2.42. The minimum atomic E-state index is 0.470. The van der Waals surface area contributed by atoms with E-state index in [4.69, 9.17) is 23.1 Å². The molecule has 7 heteroatoms. The van der Waals surface area contributed by atoms with Crippen molar-refractivity contribution in [1.29, 1.82) is 5.26 Å². The van der Waals surface area contributed by atoms with Gasteiger partial charge in [-0.05, 0) is 78.6 Å². The van der Waals surface area contributed by atoms with Gasteiger partial charge >= 0.3 is 0 Å². The molecule has 0 bridgehead atoms. The number of benzene rings is 7. The third-order valence-corrected chi connectivity index (χ3v) is 10.9. The van der Waals surface area contributed by atoms with Crippen molar-refractivity contribution in [1.82, 2.24) is 19.1 Å². The topological polar surface area (TPSA) is 68.2 Å². The van der Waals surface area contributed by atoms with E-state index in [-0.39, 0.29) is 0 Å². The van der Waals surface area contributed by atoms with Gasteiger partial charge in [-0.2, -0.15) is 5.26 Å². The quantitative estimate of drug-likeness (QED) is 0.165. The van der Waals surface area contributed by atoms with E-state index < -0.39 is 0 Å². The van der Waals surface area contributed by atoms with Crippen molar-refractivity contribution >= 4 is 55.0 Å². The van der Waals surface area contributed by atoms with Crippen LogP contribution in [0.3, 0.4) is 0 Å². The molecule has 3 aromatic heterocycles. The van der Waals surface area contributed by atoms with Crippen LogP contribution in [0.1, 0.15) is 17.0 Å². The van der Waals surface area contributed by atoms with E-state index in [1.807, 2.05) is 105 Å². The minimum absolute atomic E-state index is 0.470. The van der Waals surface area contributed by atoms with Gasteiger partial charge in [0.25, 0.3) is 0 Å². The first-order valence-corrected chi connectivity index (χ1v) is 18.9. The number of aromatic nitrogens is 4. The van der Waals surface area contributed by atoms with Gasteiger partial charge in [0, 0.05) is 38.5 Å². The lowest BCUT2D eigenvalue weighted by Crippen LogP contribution is -2.06. The van der Waals surface area contributed by atoms with Crippen LogP contribution in [0.2, 0.25) is 0 Å². The molecule has 7 nitrogen and oxygen atoms in total. The SMILES string of the molecule is [C-]#[N+]c1ccccc1-c1ccc2c3ccccc3n(-c3cc(-c4nc(C)cc(C)n4)cc(-n4c5ccccc5c5ccc(-c6ccccc6[N+]#[C-])cc54)c3C#N)c2c1. The average molecular weight is 742 g/mol. The lowest BCUT2D eigenvalue weighted by atomic mass is 10.0. The summed E-state index contributed by atoms with van der Waals surface area (Å²) in [6.07, 6.45) is 0. The van der Waals surface area contributed by atoms with E-state index in [0.717, 1.165) is 82.8 Å². The number of hydrogen-bond donors (Lipinski definition) is 0. The summed E-state index contributed by atoms with van der Waals surface area (Å²) in [5.74, 6) is 0.560. The Morgan fingerprint density at radius 1 is 0.483 bits per heavy atom. The fraction of sp³-hybridized carbons (Fsp3) is 0.0392.